The molecule has 2 nitrogen and oxygen atoms in total. The van der Waals surface area contributed by atoms with E-state index < -0.39 is 18.8 Å². The summed E-state index contributed by atoms with van der Waals surface area (Å²) in [6.07, 6.45) is -5.15. The highest BCUT2D eigenvalue weighted by Crippen LogP contribution is 2.25. The lowest BCUT2D eigenvalue weighted by Crippen LogP contribution is -2.37. The maximum atomic E-state index is 12.4. The second-order valence-electron chi connectivity index (χ2n) is 5.27. The number of alkyl halides is 3. The van der Waals surface area contributed by atoms with Gasteiger partial charge in [0.05, 0.1) is 12.6 Å². The topological polar surface area (TPSA) is 23.5 Å². The minimum Gasteiger partial charge on any atom is -0.387 e. The van der Waals surface area contributed by atoms with Crippen LogP contribution in [0.4, 0.5) is 13.2 Å². The van der Waals surface area contributed by atoms with Gasteiger partial charge in [-0.3, -0.25) is 4.90 Å². The standard InChI is InChI=1S/C15H22F3NO/c1-5-19(9-15(16,17)18)8-13(20)14-11(3)6-10(2)7-12(14)4/h6-7,13,20H,5,8-9H2,1-4H3. The molecule has 0 bridgehead atoms. The molecule has 1 rings (SSSR count). The van der Waals surface area contributed by atoms with Crippen molar-refractivity contribution in [2.45, 2.75) is 40.0 Å². The number of nitrogens with zero attached hydrogens (tertiary/aromatic N) is 1. The molecule has 0 aliphatic carbocycles. The van der Waals surface area contributed by atoms with E-state index in [1.165, 1.54) is 4.90 Å². The Hall–Kier alpha value is -1.07. The van der Waals surface area contributed by atoms with Crippen LogP contribution in [0.1, 0.15) is 35.3 Å². The van der Waals surface area contributed by atoms with Gasteiger partial charge in [-0.05, 0) is 44.0 Å². The second-order valence-corrected chi connectivity index (χ2v) is 5.27. The Balaban J connectivity index is 2.87. The molecule has 0 aliphatic rings. The number of aryl methyl sites for hydroxylation is 3. The first-order valence-electron chi connectivity index (χ1n) is 6.69. The van der Waals surface area contributed by atoms with Gasteiger partial charge in [0.2, 0.25) is 0 Å². The third-order valence-corrected chi connectivity index (χ3v) is 3.35. The van der Waals surface area contributed by atoms with E-state index in [1.807, 2.05) is 32.9 Å². The van der Waals surface area contributed by atoms with Gasteiger partial charge in [-0.25, -0.2) is 0 Å². The first-order valence-corrected chi connectivity index (χ1v) is 6.69. The van der Waals surface area contributed by atoms with Crippen LogP contribution in [-0.2, 0) is 0 Å². The van der Waals surface area contributed by atoms with Gasteiger partial charge in [-0.15, -0.1) is 0 Å². The Morgan fingerprint density at radius 2 is 1.65 bits per heavy atom. The van der Waals surface area contributed by atoms with Gasteiger partial charge >= 0.3 is 6.18 Å². The number of aliphatic hydroxyl groups is 1. The van der Waals surface area contributed by atoms with E-state index in [0.29, 0.717) is 0 Å². The fourth-order valence-corrected chi connectivity index (χ4v) is 2.61. The highest BCUT2D eigenvalue weighted by molar-refractivity contribution is 5.39. The first-order chi connectivity index (χ1) is 9.14. The molecule has 1 atom stereocenters. The van der Waals surface area contributed by atoms with Crippen molar-refractivity contribution in [2.75, 3.05) is 19.6 Å². The van der Waals surface area contributed by atoms with Crippen molar-refractivity contribution in [1.82, 2.24) is 4.90 Å². The fraction of sp³-hybridized carbons (Fsp3) is 0.600. The molecule has 0 amide bonds. The van der Waals surface area contributed by atoms with Crippen LogP contribution in [0.5, 0.6) is 0 Å². The molecule has 1 unspecified atom stereocenters. The molecule has 1 N–H and O–H groups in total. The third kappa shape index (κ3) is 4.80. The summed E-state index contributed by atoms with van der Waals surface area (Å²) in [6, 6.07) is 3.87. The van der Waals surface area contributed by atoms with Crippen molar-refractivity contribution in [1.29, 1.82) is 0 Å². The van der Waals surface area contributed by atoms with Crippen LogP contribution < -0.4 is 0 Å². The molecule has 0 spiro atoms. The quantitative estimate of drug-likeness (QED) is 0.896. The van der Waals surface area contributed by atoms with Crippen LogP contribution in [-0.4, -0.2) is 35.8 Å². The van der Waals surface area contributed by atoms with Gasteiger partial charge in [-0.1, -0.05) is 24.6 Å². The van der Waals surface area contributed by atoms with E-state index in [9.17, 15) is 18.3 Å². The molecule has 1 aromatic carbocycles. The van der Waals surface area contributed by atoms with Crippen LogP contribution in [0.2, 0.25) is 0 Å². The van der Waals surface area contributed by atoms with Crippen molar-refractivity contribution in [3.8, 4) is 0 Å². The van der Waals surface area contributed by atoms with Gasteiger partial charge in [0, 0.05) is 6.54 Å². The number of halogens is 3. The van der Waals surface area contributed by atoms with Crippen molar-refractivity contribution in [3.63, 3.8) is 0 Å². The molecule has 0 aliphatic heterocycles. The van der Waals surface area contributed by atoms with Crippen molar-refractivity contribution < 1.29 is 18.3 Å². The number of likely N-dealkylation sites (N-methyl/N-ethyl adjacent to an activating group) is 1. The lowest BCUT2D eigenvalue weighted by molar-refractivity contribution is -0.148. The summed E-state index contributed by atoms with van der Waals surface area (Å²) in [4.78, 5) is 1.21. The Morgan fingerprint density at radius 3 is 2.05 bits per heavy atom. The van der Waals surface area contributed by atoms with Gasteiger partial charge in [0.15, 0.2) is 0 Å². The lowest BCUT2D eigenvalue weighted by Gasteiger charge is -2.26. The minimum absolute atomic E-state index is 0.0131. The van der Waals surface area contributed by atoms with Crippen molar-refractivity contribution in [3.05, 3.63) is 34.4 Å². The molecule has 5 heteroatoms. The molecule has 0 saturated heterocycles. The van der Waals surface area contributed by atoms with Crippen LogP contribution >= 0.6 is 0 Å². The first kappa shape index (κ1) is 17.0. The second kappa shape index (κ2) is 6.59. The molecule has 20 heavy (non-hydrogen) atoms. The van der Waals surface area contributed by atoms with E-state index >= 15 is 0 Å². The monoisotopic (exact) mass is 289 g/mol. The number of hydrogen-bond acceptors (Lipinski definition) is 2. The average Bonchev–Trinajstić information content (AvgIpc) is 2.24. The summed E-state index contributed by atoms with van der Waals surface area (Å²) in [7, 11) is 0. The molecule has 114 valence electrons. The summed E-state index contributed by atoms with van der Waals surface area (Å²) in [6.45, 7) is 6.61. The molecule has 0 heterocycles. The predicted octanol–water partition coefficient (Wildman–Crippen LogP) is 3.53. The zero-order chi connectivity index (χ0) is 15.5. The molecule has 1 aromatic rings. The summed E-state index contributed by atoms with van der Waals surface area (Å²) in [5.74, 6) is 0. The molecule has 0 saturated carbocycles. The van der Waals surface area contributed by atoms with E-state index in [4.69, 9.17) is 0 Å². The van der Waals surface area contributed by atoms with Crippen LogP contribution in [0.25, 0.3) is 0 Å². The highest BCUT2D eigenvalue weighted by Gasteiger charge is 2.31. The zero-order valence-electron chi connectivity index (χ0n) is 12.4. The van der Waals surface area contributed by atoms with Gasteiger partial charge in [-0.2, -0.15) is 13.2 Å². The third-order valence-electron chi connectivity index (χ3n) is 3.35. The number of rotatable bonds is 5. The van der Waals surface area contributed by atoms with Crippen LogP contribution in [0, 0.1) is 20.8 Å². The molecule has 0 radical (unpaired) electrons. The van der Waals surface area contributed by atoms with E-state index in [2.05, 4.69) is 0 Å². The highest BCUT2D eigenvalue weighted by atomic mass is 19.4. The van der Waals surface area contributed by atoms with Crippen molar-refractivity contribution in [2.24, 2.45) is 0 Å². The Labute approximate surface area is 118 Å². The zero-order valence-corrected chi connectivity index (χ0v) is 12.4. The van der Waals surface area contributed by atoms with Gasteiger partial charge in [0.1, 0.15) is 0 Å². The predicted molar refractivity (Wildman–Crippen MR) is 73.8 cm³/mol. The van der Waals surface area contributed by atoms with Gasteiger partial charge < -0.3 is 5.11 Å². The minimum atomic E-state index is -4.24. The Morgan fingerprint density at radius 1 is 1.15 bits per heavy atom. The lowest BCUT2D eigenvalue weighted by atomic mass is 9.95. The van der Waals surface area contributed by atoms with Crippen LogP contribution in [0.3, 0.4) is 0 Å². The fourth-order valence-electron chi connectivity index (χ4n) is 2.61. The Bertz CT molecular complexity index is 434. The normalized spacial score (nSPS) is 13.8. The maximum absolute atomic E-state index is 12.4. The molecule has 0 aromatic heterocycles. The molecular weight excluding hydrogens is 267 g/mol. The summed E-state index contributed by atoms with van der Waals surface area (Å²) < 4.78 is 37.3. The largest absolute Gasteiger partial charge is 0.401 e. The molecular formula is C15H22F3NO. The van der Waals surface area contributed by atoms with Gasteiger partial charge in [0.25, 0.3) is 0 Å². The number of aliphatic hydroxyl groups excluding tert-OH is 1. The van der Waals surface area contributed by atoms with Crippen molar-refractivity contribution >= 4 is 0 Å². The summed E-state index contributed by atoms with van der Waals surface area (Å²) in [5, 5.41) is 10.3. The van der Waals surface area contributed by atoms with E-state index in [1.54, 1.807) is 6.92 Å². The van der Waals surface area contributed by atoms with E-state index in [-0.39, 0.29) is 13.1 Å². The summed E-state index contributed by atoms with van der Waals surface area (Å²) >= 11 is 0. The SMILES string of the molecule is CCN(CC(O)c1c(C)cc(C)cc1C)CC(F)(F)F. The smallest absolute Gasteiger partial charge is 0.387 e. The van der Waals surface area contributed by atoms with E-state index in [0.717, 1.165) is 22.3 Å². The Kier molecular flexibility index (Phi) is 5.59. The molecule has 0 fully saturated rings. The summed E-state index contributed by atoms with van der Waals surface area (Å²) in [5.41, 5.74) is 3.64. The number of hydrogen-bond donors (Lipinski definition) is 1. The maximum Gasteiger partial charge on any atom is 0.401 e. The van der Waals surface area contributed by atoms with Crippen LogP contribution in [0.15, 0.2) is 12.1 Å². The average molecular weight is 289 g/mol. The number of benzene rings is 1.